The van der Waals surface area contributed by atoms with Gasteiger partial charge < -0.3 is 10.1 Å². The molecule has 2 rings (SSSR count). The van der Waals surface area contributed by atoms with Crippen molar-refractivity contribution in [2.75, 3.05) is 12.4 Å². The minimum atomic E-state index is -0.689. The van der Waals surface area contributed by atoms with E-state index in [1.807, 2.05) is 63.2 Å². The molecule has 0 unspecified atom stereocenters. The van der Waals surface area contributed by atoms with Gasteiger partial charge in [0.1, 0.15) is 5.75 Å². The number of hydrogen-bond acceptors (Lipinski definition) is 2. The highest BCUT2D eigenvalue weighted by molar-refractivity contribution is 5.99. The van der Waals surface area contributed by atoms with Crippen molar-refractivity contribution in [1.82, 2.24) is 0 Å². The number of ether oxygens (including phenoxy) is 1. The van der Waals surface area contributed by atoms with Crippen LogP contribution in [0.5, 0.6) is 5.75 Å². The number of carbonyl (C=O) groups is 1. The smallest absolute Gasteiger partial charge is 0.234 e. The number of nitrogens with one attached hydrogen (secondary N) is 1. The zero-order chi connectivity index (χ0) is 16.3. The number of benzene rings is 2. The molecule has 1 amide bonds. The second-order valence-corrected chi connectivity index (χ2v) is 6.08. The molecule has 3 heteroatoms. The molecule has 0 atom stereocenters. The first-order valence-corrected chi connectivity index (χ1v) is 7.38. The number of rotatable bonds is 4. The Morgan fingerprint density at radius 2 is 1.73 bits per heavy atom. The second-order valence-electron chi connectivity index (χ2n) is 6.08. The van der Waals surface area contributed by atoms with E-state index in [1.165, 1.54) is 5.56 Å². The quantitative estimate of drug-likeness (QED) is 0.917. The van der Waals surface area contributed by atoms with Crippen LogP contribution in [0.2, 0.25) is 0 Å². The third-order valence-corrected chi connectivity index (χ3v) is 4.11. The molecular weight excluding hydrogens is 274 g/mol. The van der Waals surface area contributed by atoms with Gasteiger partial charge in [-0.25, -0.2) is 0 Å². The molecule has 3 nitrogen and oxygen atoms in total. The Morgan fingerprint density at radius 1 is 1.05 bits per heavy atom. The average molecular weight is 297 g/mol. The maximum Gasteiger partial charge on any atom is 0.234 e. The molecule has 0 saturated heterocycles. The maximum atomic E-state index is 12.7. The van der Waals surface area contributed by atoms with Gasteiger partial charge in [-0.3, -0.25) is 4.79 Å². The predicted molar refractivity (Wildman–Crippen MR) is 90.6 cm³/mol. The predicted octanol–water partition coefficient (Wildman–Crippen LogP) is 4.23. The van der Waals surface area contributed by atoms with E-state index >= 15 is 0 Å². The molecule has 0 bridgehead atoms. The first-order valence-electron chi connectivity index (χ1n) is 7.38. The standard InChI is InChI=1S/C19H23NO2/c1-13-10-11-15(12-14(13)2)20-18(21)19(3,4)16-8-6-7-9-17(16)22-5/h6-12H,1-5H3,(H,20,21). The average Bonchev–Trinajstić information content (AvgIpc) is 2.50. The van der Waals surface area contributed by atoms with Crippen molar-refractivity contribution < 1.29 is 9.53 Å². The zero-order valence-corrected chi connectivity index (χ0v) is 13.9. The molecule has 0 aliphatic heterocycles. The Bertz CT molecular complexity index is 690. The SMILES string of the molecule is COc1ccccc1C(C)(C)C(=O)Nc1ccc(C)c(C)c1. The van der Waals surface area contributed by atoms with Crippen molar-refractivity contribution in [1.29, 1.82) is 0 Å². The van der Waals surface area contributed by atoms with Crippen LogP contribution >= 0.6 is 0 Å². The van der Waals surface area contributed by atoms with E-state index in [0.29, 0.717) is 0 Å². The summed E-state index contributed by atoms with van der Waals surface area (Å²) in [5.41, 5.74) is 3.37. The van der Waals surface area contributed by atoms with E-state index in [4.69, 9.17) is 4.74 Å². The summed E-state index contributed by atoms with van der Waals surface area (Å²) in [7, 11) is 1.62. The van der Waals surface area contributed by atoms with Gasteiger partial charge in [-0.05, 0) is 57.0 Å². The van der Waals surface area contributed by atoms with Crippen molar-refractivity contribution in [2.24, 2.45) is 0 Å². The van der Waals surface area contributed by atoms with Crippen LogP contribution in [-0.4, -0.2) is 13.0 Å². The molecule has 22 heavy (non-hydrogen) atoms. The molecule has 0 radical (unpaired) electrons. The lowest BCUT2D eigenvalue weighted by Gasteiger charge is -2.26. The van der Waals surface area contributed by atoms with Crippen molar-refractivity contribution in [3.05, 3.63) is 59.2 Å². The fourth-order valence-corrected chi connectivity index (χ4v) is 2.39. The Kier molecular flexibility index (Phi) is 4.55. The minimum absolute atomic E-state index is 0.0553. The Hall–Kier alpha value is -2.29. The Labute approximate surface area is 132 Å². The maximum absolute atomic E-state index is 12.7. The summed E-state index contributed by atoms with van der Waals surface area (Å²) < 4.78 is 5.39. The van der Waals surface area contributed by atoms with Crippen LogP contribution < -0.4 is 10.1 Å². The van der Waals surface area contributed by atoms with Crippen LogP contribution in [0.15, 0.2) is 42.5 Å². The van der Waals surface area contributed by atoms with Gasteiger partial charge in [0.25, 0.3) is 0 Å². The third-order valence-electron chi connectivity index (χ3n) is 4.11. The van der Waals surface area contributed by atoms with E-state index in [9.17, 15) is 4.79 Å². The second kappa shape index (κ2) is 6.22. The summed E-state index contributed by atoms with van der Waals surface area (Å²) in [6.07, 6.45) is 0. The van der Waals surface area contributed by atoms with Crippen LogP contribution in [-0.2, 0) is 10.2 Å². The molecule has 116 valence electrons. The van der Waals surface area contributed by atoms with E-state index in [0.717, 1.165) is 22.6 Å². The lowest BCUT2D eigenvalue weighted by molar-refractivity contribution is -0.120. The van der Waals surface area contributed by atoms with E-state index in [2.05, 4.69) is 12.2 Å². The van der Waals surface area contributed by atoms with Crippen molar-refractivity contribution in [3.63, 3.8) is 0 Å². The number of carbonyl (C=O) groups excluding carboxylic acids is 1. The molecule has 0 aromatic heterocycles. The van der Waals surface area contributed by atoms with Crippen LogP contribution in [0.4, 0.5) is 5.69 Å². The van der Waals surface area contributed by atoms with Crippen molar-refractivity contribution in [3.8, 4) is 5.75 Å². The number of hydrogen-bond donors (Lipinski definition) is 1. The minimum Gasteiger partial charge on any atom is -0.496 e. The number of amides is 1. The molecular formula is C19H23NO2. The molecule has 0 saturated carbocycles. The first kappa shape index (κ1) is 16.1. The monoisotopic (exact) mass is 297 g/mol. The van der Waals surface area contributed by atoms with E-state index < -0.39 is 5.41 Å². The first-order chi connectivity index (χ1) is 10.4. The Morgan fingerprint density at radius 3 is 2.36 bits per heavy atom. The number of para-hydroxylation sites is 1. The third kappa shape index (κ3) is 3.14. The summed E-state index contributed by atoms with van der Waals surface area (Å²) in [6.45, 7) is 7.90. The van der Waals surface area contributed by atoms with Crippen LogP contribution in [0.25, 0.3) is 0 Å². The summed E-state index contributed by atoms with van der Waals surface area (Å²) in [6, 6.07) is 13.6. The molecule has 2 aromatic carbocycles. The van der Waals surface area contributed by atoms with Gasteiger partial charge in [0.05, 0.1) is 12.5 Å². The molecule has 2 aromatic rings. The molecule has 0 aliphatic carbocycles. The highest BCUT2D eigenvalue weighted by Gasteiger charge is 2.32. The number of aryl methyl sites for hydroxylation is 2. The molecule has 1 N–H and O–H groups in total. The van der Waals surface area contributed by atoms with Crippen LogP contribution in [0, 0.1) is 13.8 Å². The summed E-state index contributed by atoms with van der Waals surface area (Å²) in [4.78, 5) is 12.7. The molecule has 0 fully saturated rings. The Balaban J connectivity index is 2.28. The highest BCUT2D eigenvalue weighted by atomic mass is 16.5. The normalized spacial score (nSPS) is 11.1. The molecule has 0 spiro atoms. The number of methoxy groups -OCH3 is 1. The zero-order valence-electron chi connectivity index (χ0n) is 13.9. The molecule has 0 heterocycles. The topological polar surface area (TPSA) is 38.3 Å². The highest BCUT2D eigenvalue weighted by Crippen LogP contribution is 2.32. The van der Waals surface area contributed by atoms with E-state index in [1.54, 1.807) is 7.11 Å². The van der Waals surface area contributed by atoms with Gasteiger partial charge >= 0.3 is 0 Å². The van der Waals surface area contributed by atoms with Gasteiger partial charge in [-0.2, -0.15) is 0 Å². The fraction of sp³-hybridized carbons (Fsp3) is 0.316. The lowest BCUT2D eigenvalue weighted by atomic mass is 9.83. The largest absolute Gasteiger partial charge is 0.496 e. The van der Waals surface area contributed by atoms with Crippen LogP contribution in [0.1, 0.15) is 30.5 Å². The van der Waals surface area contributed by atoms with Gasteiger partial charge in [0, 0.05) is 11.3 Å². The van der Waals surface area contributed by atoms with Crippen molar-refractivity contribution >= 4 is 11.6 Å². The lowest BCUT2D eigenvalue weighted by Crippen LogP contribution is -2.35. The van der Waals surface area contributed by atoms with E-state index in [-0.39, 0.29) is 5.91 Å². The van der Waals surface area contributed by atoms with Gasteiger partial charge in [-0.1, -0.05) is 24.3 Å². The van der Waals surface area contributed by atoms with Crippen molar-refractivity contribution in [2.45, 2.75) is 33.1 Å². The number of anilines is 1. The van der Waals surface area contributed by atoms with Gasteiger partial charge in [0.2, 0.25) is 5.91 Å². The summed E-state index contributed by atoms with van der Waals surface area (Å²) in [5.74, 6) is 0.669. The van der Waals surface area contributed by atoms with Gasteiger partial charge in [0.15, 0.2) is 0 Å². The fourth-order valence-electron chi connectivity index (χ4n) is 2.39. The summed E-state index contributed by atoms with van der Waals surface area (Å²) in [5, 5.41) is 3.01. The van der Waals surface area contributed by atoms with Crippen LogP contribution in [0.3, 0.4) is 0 Å². The molecule has 0 aliphatic rings. The van der Waals surface area contributed by atoms with Gasteiger partial charge in [-0.15, -0.1) is 0 Å². The summed E-state index contributed by atoms with van der Waals surface area (Å²) >= 11 is 0.